The first-order valence-corrected chi connectivity index (χ1v) is 7.52. The number of fused-ring (bicyclic) bond motifs is 4. The molecule has 18 heavy (non-hydrogen) atoms. The molecule has 3 fully saturated rings. The zero-order chi connectivity index (χ0) is 13.0. The minimum Gasteiger partial charge on any atom is -0.461 e. The molecule has 0 aromatic carbocycles. The monoisotopic (exact) mass is 250 g/mol. The molecule has 4 atom stereocenters. The molecular formula is C16H26O2. The van der Waals surface area contributed by atoms with Crippen LogP contribution in [0.5, 0.6) is 0 Å². The minimum atomic E-state index is -0.120. The zero-order valence-corrected chi connectivity index (χ0v) is 12.0. The number of rotatable bonds is 2. The van der Waals surface area contributed by atoms with E-state index in [0.717, 1.165) is 25.2 Å². The van der Waals surface area contributed by atoms with E-state index in [1.54, 1.807) is 0 Å². The summed E-state index contributed by atoms with van der Waals surface area (Å²) in [6.45, 7) is 7.91. The highest BCUT2D eigenvalue weighted by Crippen LogP contribution is 2.65. The van der Waals surface area contributed by atoms with Crippen molar-refractivity contribution in [2.45, 2.75) is 71.3 Å². The summed E-state index contributed by atoms with van der Waals surface area (Å²) in [5.41, 5.74) is 0.748. The first kappa shape index (κ1) is 12.5. The predicted molar refractivity (Wildman–Crippen MR) is 71.1 cm³/mol. The quantitative estimate of drug-likeness (QED) is 0.694. The summed E-state index contributed by atoms with van der Waals surface area (Å²) in [5.74, 6) is 1.39. The summed E-state index contributed by atoms with van der Waals surface area (Å²) in [6, 6.07) is 0. The average Bonchev–Trinajstić information content (AvgIpc) is 2.32. The second-order valence-corrected chi connectivity index (χ2v) is 8.06. The standard InChI is InChI=1S/C16H26O2/c1-14(2)9-13-12(14)5-8-15(3)6-4-7-16(13,10-15)18-11-17/h11-13H,4-10H2,1-3H3. The zero-order valence-electron chi connectivity index (χ0n) is 12.0. The number of ether oxygens (including phenoxy) is 1. The molecule has 2 bridgehead atoms. The number of hydrogen-bond donors (Lipinski definition) is 0. The maximum atomic E-state index is 11.0. The Morgan fingerprint density at radius 2 is 1.89 bits per heavy atom. The summed E-state index contributed by atoms with van der Waals surface area (Å²) >= 11 is 0. The van der Waals surface area contributed by atoms with Crippen LogP contribution in [0.4, 0.5) is 0 Å². The predicted octanol–water partition coefficient (Wildman–Crippen LogP) is 3.93. The molecule has 0 aromatic heterocycles. The Labute approximate surface area is 110 Å². The Balaban J connectivity index is 1.95. The minimum absolute atomic E-state index is 0.120. The topological polar surface area (TPSA) is 26.3 Å². The summed E-state index contributed by atoms with van der Waals surface area (Å²) in [5, 5.41) is 0. The Hall–Kier alpha value is -0.530. The molecule has 0 amide bonds. The summed E-state index contributed by atoms with van der Waals surface area (Å²) in [4.78, 5) is 11.0. The molecule has 2 nitrogen and oxygen atoms in total. The fourth-order valence-electron chi connectivity index (χ4n) is 5.42. The van der Waals surface area contributed by atoms with Crippen molar-refractivity contribution < 1.29 is 9.53 Å². The first-order valence-electron chi connectivity index (χ1n) is 7.52. The number of carbonyl (C=O) groups is 1. The molecule has 102 valence electrons. The largest absolute Gasteiger partial charge is 0.461 e. The van der Waals surface area contributed by atoms with Gasteiger partial charge in [-0.3, -0.25) is 4.79 Å². The highest BCUT2D eigenvalue weighted by Gasteiger charge is 2.61. The maximum absolute atomic E-state index is 11.0. The van der Waals surface area contributed by atoms with Crippen LogP contribution in [0.3, 0.4) is 0 Å². The molecule has 0 aromatic rings. The van der Waals surface area contributed by atoms with Crippen LogP contribution >= 0.6 is 0 Å². The lowest BCUT2D eigenvalue weighted by atomic mass is 9.49. The lowest BCUT2D eigenvalue weighted by Crippen LogP contribution is -2.57. The van der Waals surface area contributed by atoms with Crippen LogP contribution in [0.2, 0.25) is 0 Å². The van der Waals surface area contributed by atoms with Crippen LogP contribution in [0.15, 0.2) is 0 Å². The molecule has 3 rings (SSSR count). The molecule has 3 aliphatic rings. The third-order valence-corrected chi connectivity index (χ3v) is 6.36. The lowest BCUT2D eigenvalue weighted by molar-refractivity contribution is -0.189. The summed E-state index contributed by atoms with van der Waals surface area (Å²) in [6.07, 6.45) is 8.64. The van der Waals surface area contributed by atoms with Gasteiger partial charge in [0.25, 0.3) is 6.47 Å². The van der Waals surface area contributed by atoms with Gasteiger partial charge in [-0.2, -0.15) is 0 Å². The normalized spacial score (nSPS) is 49.5. The lowest BCUT2D eigenvalue weighted by Gasteiger charge is -2.58. The van der Waals surface area contributed by atoms with Crippen LogP contribution in [-0.2, 0) is 9.53 Å². The van der Waals surface area contributed by atoms with Gasteiger partial charge < -0.3 is 4.74 Å². The van der Waals surface area contributed by atoms with Crippen molar-refractivity contribution in [1.82, 2.24) is 0 Å². The van der Waals surface area contributed by atoms with E-state index in [-0.39, 0.29) is 5.60 Å². The van der Waals surface area contributed by atoms with Gasteiger partial charge in [-0.1, -0.05) is 20.8 Å². The molecule has 0 aliphatic heterocycles. The van der Waals surface area contributed by atoms with E-state index in [9.17, 15) is 4.79 Å². The fraction of sp³-hybridized carbons (Fsp3) is 0.938. The number of hydrogen-bond acceptors (Lipinski definition) is 2. The van der Waals surface area contributed by atoms with Crippen LogP contribution in [0.25, 0.3) is 0 Å². The fourth-order valence-corrected chi connectivity index (χ4v) is 5.42. The third kappa shape index (κ3) is 1.64. The maximum Gasteiger partial charge on any atom is 0.293 e. The molecule has 2 heteroatoms. The highest BCUT2D eigenvalue weighted by atomic mass is 16.5. The van der Waals surface area contributed by atoms with Crippen molar-refractivity contribution in [2.24, 2.45) is 22.7 Å². The van der Waals surface area contributed by atoms with Gasteiger partial charge in [0.1, 0.15) is 5.60 Å². The van der Waals surface area contributed by atoms with Gasteiger partial charge in [0.15, 0.2) is 0 Å². The van der Waals surface area contributed by atoms with E-state index in [0.29, 0.717) is 16.7 Å². The highest BCUT2D eigenvalue weighted by molar-refractivity contribution is 5.39. The van der Waals surface area contributed by atoms with Crippen molar-refractivity contribution in [3.63, 3.8) is 0 Å². The second kappa shape index (κ2) is 3.74. The van der Waals surface area contributed by atoms with E-state index < -0.39 is 0 Å². The first-order chi connectivity index (χ1) is 8.41. The van der Waals surface area contributed by atoms with Crippen molar-refractivity contribution in [1.29, 1.82) is 0 Å². The van der Waals surface area contributed by atoms with E-state index >= 15 is 0 Å². The van der Waals surface area contributed by atoms with Gasteiger partial charge in [0, 0.05) is 5.92 Å². The summed E-state index contributed by atoms with van der Waals surface area (Å²) in [7, 11) is 0. The van der Waals surface area contributed by atoms with Crippen LogP contribution < -0.4 is 0 Å². The van der Waals surface area contributed by atoms with Crippen LogP contribution in [-0.4, -0.2) is 12.1 Å². The molecule has 0 saturated heterocycles. The van der Waals surface area contributed by atoms with Crippen molar-refractivity contribution in [2.75, 3.05) is 0 Å². The second-order valence-electron chi connectivity index (χ2n) is 8.06. The SMILES string of the molecule is CC12CCCC(OC=O)(C1)C1CC(C)(C)C1CC2. The Morgan fingerprint density at radius 1 is 1.11 bits per heavy atom. The Bertz CT molecular complexity index is 362. The van der Waals surface area contributed by atoms with E-state index in [1.165, 1.54) is 32.1 Å². The van der Waals surface area contributed by atoms with Gasteiger partial charge in [0.05, 0.1) is 0 Å². The van der Waals surface area contributed by atoms with Crippen molar-refractivity contribution in [3.05, 3.63) is 0 Å². The molecule has 4 unspecified atom stereocenters. The van der Waals surface area contributed by atoms with Gasteiger partial charge in [-0.15, -0.1) is 0 Å². The van der Waals surface area contributed by atoms with Crippen molar-refractivity contribution in [3.8, 4) is 0 Å². The third-order valence-electron chi connectivity index (χ3n) is 6.36. The average molecular weight is 250 g/mol. The van der Waals surface area contributed by atoms with E-state index in [4.69, 9.17) is 4.74 Å². The molecule has 3 aliphatic carbocycles. The smallest absolute Gasteiger partial charge is 0.293 e. The molecule has 0 radical (unpaired) electrons. The van der Waals surface area contributed by atoms with Crippen LogP contribution in [0.1, 0.15) is 65.7 Å². The molecular weight excluding hydrogens is 224 g/mol. The molecule has 0 heterocycles. The molecule has 3 saturated carbocycles. The molecule has 0 spiro atoms. The van der Waals surface area contributed by atoms with Gasteiger partial charge in [-0.05, 0) is 61.7 Å². The Kier molecular flexibility index (Phi) is 2.60. The molecule has 0 N–H and O–H groups in total. The van der Waals surface area contributed by atoms with Crippen LogP contribution in [0, 0.1) is 22.7 Å². The van der Waals surface area contributed by atoms with Gasteiger partial charge >= 0.3 is 0 Å². The van der Waals surface area contributed by atoms with Gasteiger partial charge in [-0.25, -0.2) is 0 Å². The van der Waals surface area contributed by atoms with E-state index in [2.05, 4.69) is 20.8 Å². The van der Waals surface area contributed by atoms with Crippen molar-refractivity contribution >= 4 is 6.47 Å². The van der Waals surface area contributed by atoms with E-state index in [1.807, 2.05) is 0 Å². The van der Waals surface area contributed by atoms with Gasteiger partial charge in [0.2, 0.25) is 0 Å². The summed E-state index contributed by atoms with van der Waals surface area (Å²) < 4.78 is 5.73. The number of carbonyl (C=O) groups excluding carboxylic acids is 1. The Morgan fingerprint density at radius 3 is 2.56 bits per heavy atom.